The van der Waals surface area contributed by atoms with Gasteiger partial charge in [0.15, 0.2) is 5.75 Å². The van der Waals surface area contributed by atoms with E-state index in [0.717, 1.165) is 5.69 Å². The zero-order chi connectivity index (χ0) is 8.27. The molecule has 0 spiro atoms. The van der Waals surface area contributed by atoms with Gasteiger partial charge in [0, 0.05) is 5.69 Å². The summed E-state index contributed by atoms with van der Waals surface area (Å²) in [5.41, 5.74) is 5.55. The molecular formula is C7H10N2O2. The van der Waals surface area contributed by atoms with Gasteiger partial charge in [-0.2, -0.15) is 0 Å². The SMILES string of the molecule is NCCc1ccc(O)c(=O)[nH]1. The smallest absolute Gasteiger partial charge is 0.290 e. The lowest BCUT2D eigenvalue weighted by Crippen LogP contribution is -2.11. The highest BCUT2D eigenvalue weighted by molar-refractivity contribution is 5.18. The monoisotopic (exact) mass is 154 g/mol. The van der Waals surface area contributed by atoms with Crippen LogP contribution in [0.3, 0.4) is 0 Å². The van der Waals surface area contributed by atoms with Crippen LogP contribution < -0.4 is 11.3 Å². The summed E-state index contributed by atoms with van der Waals surface area (Å²) in [4.78, 5) is 13.3. The summed E-state index contributed by atoms with van der Waals surface area (Å²) in [6.07, 6.45) is 0.621. The lowest BCUT2D eigenvalue weighted by Gasteiger charge is -1.97. The van der Waals surface area contributed by atoms with E-state index in [1.54, 1.807) is 6.07 Å². The van der Waals surface area contributed by atoms with Gasteiger partial charge in [-0.1, -0.05) is 0 Å². The zero-order valence-corrected chi connectivity index (χ0v) is 6.00. The normalized spacial score (nSPS) is 9.91. The molecule has 0 aliphatic heterocycles. The maximum Gasteiger partial charge on any atom is 0.290 e. The average Bonchev–Trinajstić information content (AvgIpc) is 1.98. The lowest BCUT2D eigenvalue weighted by atomic mass is 10.3. The van der Waals surface area contributed by atoms with Gasteiger partial charge in [0.05, 0.1) is 0 Å². The molecule has 0 fully saturated rings. The van der Waals surface area contributed by atoms with Crippen LogP contribution in [0.15, 0.2) is 16.9 Å². The first-order chi connectivity index (χ1) is 5.24. The zero-order valence-electron chi connectivity index (χ0n) is 6.00. The second-order valence-corrected chi connectivity index (χ2v) is 2.24. The Morgan fingerprint density at radius 2 is 2.27 bits per heavy atom. The van der Waals surface area contributed by atoms with Crippen molar-refractivity contribution < 1.29 is 5.11 Å². The van der Waals surface area contributed by atoms with E-state index in [1.165, 1.54) is 6.07 Å². The number of nitrogens with two attached hydrogens (primary N) is 1. The van der Waals surface area contributed by atoms with Crippen LogP contribution in [0.5, 0.6) is 5.75 Å². The summed E-state index contributed by atoms with van der Waals surface area (Å²) in [6, 6.07) is 3.01. The topological polar surface area (TPSA) is 79.1 Å². The van der Waals surface area contributed by atoms with Gasteiger partial charge in [-0.3, -0.25) is 4.79 Å². The molecule has 4 N–H and O–H groups in total. The Bertz CT molecular complexity index is 293. The molecule has 0 bridgehead atoms. The van der Waals surface area contributed by atoms with Gasteiger partial charge >= 0.3 is 0 Å². The predicted octanol–water partition coefficient (Wildman–Crippen LogP) is -0.418. The number of aromatic hydroxyl groups is 1. The molecule has 0 saturated heterocycles. The van der Waals surface area contributed by atoms with Crippen molar-refractivity contribution in [1.29, 1.82) is 0 Å². The van der Waals surface area contributed by atoms with Crippen LogP contribution in [0.1, 0.15) is 5.69 Å². The maximum atomic E-state index is 10.8. The third kappa shape index (κ3) is 1.81. The summed E-state index contributed by atoms with van der Waals surface area (Å²) in [5.74, 6) is -0.259. The summed E-state index contributed by atoms with van der Waals surface area (Å²) in [7, 11) is 0. The highest BCUT2D eigenvalue weighted by Crippen LogP contribution is 1.99. The molecule has 60 valence electrons. The first-order valence-corrected chi connectivity index (χ1v) is 3.35. The summed E-state index contributed by atoms with van der Waals surface area (Å²) in [6.45, 7) is 0.487. The van der Waals surface area contributed by atoms with Gasteiger partial charge in [0.25, 0.3) is 5.56 Å². The molecule has 4 nitrogen and oxygen atoms in total. The van der Waals surface area contributed by atoms with Gasteiger partial charge in [-0.15, -0.1) is 0 Å². The van der Waals surface area contributed by atoms with Crippen molar-refractivity contribution in [2.45, 2.75) is 6.42 Å². The van der Waals surface area contributed by atoms with Gasteiger partial charge in [-0.05, 0) is 25.1 Å². The molecule has 1 aromatic heterocycles. The molecule has 0 aromatic carbocycles. The van der Waals surface area contributed by atoms with E-state index in [1.807, 2.05) is 0 Å². The minimum absolute atomic E-state index is 0.259. The number of H-pyrrole nitrogens is 1. The predicted molar refractivity (Wildman–Crippen MR) is 41.5 cm³/mol. The Balaban J connectivity index is 2.96. The molecule has 0 aliphatic rings. The van der Waals surface area contributed by atoms with Crippen molar-refractivity contribution in [1.82, 2.24) is 4.98 Å². The second kappa shape index (κ2) is 3.21. The van der Waals surface area contributed by atoms with Crippen molar-refractivity contribution >= 4 is 0 Å². The molecule has 1 rings (SSSR count). The number of rotatable bonds is 2. The highest BCUT2D eigenvalue weighted by Gasteiger charge is 1.96. The van der Waals surface area contributed by atoms with Crippen LogP contribution in [0.2, 0.25) is 0 Å². The molecule has 0 aliphatic carbocycles. The third-order valence-corrected chi connectivity index (χ3v) is 1.36. The molecule has 0 saturated carbocycles. The fraction of sp³-hybridized carbons (Fsp3) is 0.286. The van der Waals surface area contributed by atoms with Crippen LogP contribution in [0, 0.1) is 0 Å². The molecule has 1 aromatic rings. The standard InChI is InChI=1S/C7H10N2O2/c8-4-3-5-1-2-6(10)7(11)9-5/h1-2,10H,3-4,8H2,(H,9,11). The molecular weight excluding hydrogens is 144 g/mol. The Kier molecular flexibility index (Phi) is 2.28. The van der Waals surface area contributed by atoms with E-state index in [0.29, 0.717) is 13.0 Å². The van der Waals surface area contributed by atoms with E-state index in [4.69, 9.17) is 10.8 Å². The van der Waals surface area contributed by atoms with Crippen molar-refractivity contribution in [2.75, 3.05) is 6.54 Å². The molecule has 0 atom stereocenters. The number of pyridine rings is 1. The molecule has 0 radical (unpaired) electrons. The number of hydrogen-bond donors (Lipinski definition) is 3. The van der Waals surface area contributed by atoms with Crippen LogP contribution in [-0.2, 0) is 6.42 Å². The number of nitrogens with one attached hydrogen (secondary N) is 1. The summed E-state index contributed by atoms with van der Waals surface area (Å²) < 4.78 is 0. The van der Waals surface area contributed by atoms with E-state index in [-0.39, 0.29) is 5.75 Å². The Morgan fingerprint density at radius 1 is 1.55 bits per heavy atom. The van der Waals surface area contributed by atoms with E-state index >= 15 is 0 Å². The third-order valence-electron chi connectivity index (χ3n) is 1.36. The minimum atomic E-state index is -0.462. The van der Waals surface area contributed by atoms with E-state index < -0.39 is 5.56 Å². The van der Waals surface area contributed by atoms with Crippen LogP contribution >= 0.6 is 0 Å². The van der Waals surface area contributed by atoms with E-state index in [2.05, 4.69) is 4.98 Å². The quantitative estimate of drug-likeness (QED) is 0.541. The maximum absolute atomic E-state index is 10.8. The van der Waals surface area contributed by atoms with Crippen LogP contribution in [0.25, 0.3) is 0 Å². The molecule has 0 unspecified atom stereocenters. The van der Waals surface area contributed by atoms with Crippen molar-refractivity contribution in [3.63, 3.8) is 0 Å². The second-order valence-electron chi connectivity index (χ2n) is 2.24. The number of aromatic nitrogens is 1. The fourth-order valence-electron chi connectivity index (χ4n) is 0.808. The van der Waals surface area contributed by atoms with Gasteiger partial charge in [0.2, 0.25) is 0 Å². The molecule has 4 heteroatoms. The van der Waals surface area contributed by atoms with Gasteiger partial charge in [-0.25, -0.2) is 0 Å². The summed E-state index contributed by atoms with van der Waals surface area (Å²) >= 11 is 0. The Labute approximate surface area is 63.7 Å². The number of hydrogen-bond acceptors (Lipinski definition) is 3. The average molecular weight is 154 g/mol. The fourth-order valence-corrected chi connectivity index (χ4v) is 0.808. The highest BCUT2D eigenvalue weighted by atomic mass is 16.3. The van der Waals surface area contributed by atoms with Crippen LogP contribution in [0.4, 0.5) is 0 Å². The van der Waals surface area contributed by atoms with Crippen molar-refractivity contribution in [3.05, 3.63) is 28.2 Å². The largest absolute Gasteiger partial charge is 0.503 e. The van der Waals surface area contributed by atoms with Crippen LogP contribution in [-0.4, -0.2) is 16.6 Å². The van der Waals surface area contributed by atoms with Gasteiger partial charge < -0.3 is 15.8 Å². The summed E-state index contributed by atoms with van der Waals surface area (Å²) in [5, 5.41) is 8.84. The Hall–Kier alpha value is -1.29. The Morgan fingerprint density at radius 3 is 2.82 bits per heavy atom. The van der Waals surface area contributed by atoms with Crippen molar-refractivity contribution in [2.24, 2.45) is 5.73 Å². The molecule has 1 heterocycles. The first kappa shape index (κ1) is 7.81. The minimum Gasteiger partial charge on any atom is -0.503 e. The van der Waals surface area contributed by atoms with Gasteiger partial charge in [0.1, 0.15) is 0 Å². The molecule has 11 heavy (non-hydrogen) atoms. The van der Waals surface area contributed by atoms with E-state index in [9.17, 15) is 4.79 Å². The first-order valence-electron chi connectivity index (χ1n) is 3.35. The number of aromatic amines is 1. The lowest BCUT2D eigenvalue weighted by molar-refractivity contribution is 0.466. The molecule has 0 amide bonds. The van der Waals surface area contributed by atoms with Crippen molar-refractivity contribution in [3.8, 4) is 5.75 Å².